The van der Waals surface area contributed by atoms with E-state index in [1.54, 1.807) is 0 Å². The van der Waals surface area contributed by atoms with Crippen LogP contribution in [0.5, 0.6) is 0 Å². The molecule has 112 heavy (non-hydrogen) atoms. The Bertz CT molecular complexity index is 6640. The number of anilines is 9. The summed E-state index contributed by atoms with van der Waals surface area (Å²) in [6, 6.07) is 151. The highest BCUT2D eigenvalue weighted by Crippen LogP contribution is 2.48. The van der Waals surface area contributed by atoms with Crippen molar-refractivity contribution in [1.29, 1.82) is 0 Å². The monoisotopic (exact) mass is 1440 g/mol. The number of hydrogen-bond donors (Lipinski definition) is 0. The molecule has 17 aromatic carbocycles. The van der Waals surface area contributed by atoms with Crippen LogP contribution in [0.4, 0.5) is 51.2 Å². The van der Waals surface area contributed by atoms with Gasteiger partial charge in [0.25, 0.3) is 0 Å². The first-order chi connectivity index (χ1) is 54.6. The molecule has 532 valence electrons. The summed E-state index contributed by atoms with van der Waals surface area (Å²) in [5, 5.41) is 11.8. The average molecular weight is 1440 g/mol. The van der Waals surface area contributed by atoms with E-state index < -0.39 is 0 Å². The molecule has 0 N–H and O–H groups in total. The quantitative estimate of drug-likeness (QED) is 0.109. The standard InChI is InChI=1S/C102H68N8.2CH4/c1-6-26-69(27-7-1)106-93-41-21-16-36-83(93)88-64-78(54-59-98(88)106)103(74-46-50-76(51-47-74)104(79-55-60-99-89(65-79)84-37-17-22-42-94(84)107(99)70-28-8-2-9-29-70)80-56-61-100-90(66-80)85-38-18-23-43-95(85)108(100)71-30-10-3-11-31-71)75-48-52-77(53-49-75)105(81-57-62-101-91(67-81)86-39-19-24-44-96(86)109(101)72-32-12-4-13-33-72)82-58-63-102-92(68-82)87-40-20-25-45-97(87)110(102)73-34-14-5-15-35-73;;/h1-68H;2*1H4. The van der Waals surface area contributed by atoms with Gasteiger partial charge in [0.2, 0.25) is 0 Å². The van der Waals surface area contributed by atoms with Gasteiger partial charge in [0.15, 0.2) is 0 Å². The van der Waals surface area contributed by atoms with Crippen molar-refractivity contribution >= 4 is 160 Å². The summed E-state index contributed by atoms with van der Waals surface area (Å²) in [6.07, 6.45) is 0. The minimum absolute atomic E-state index is 0. The third-order valence-electron chi connectivity index (χ3n) is 22.4. The second kappa shape index (κ2) is 27.1. The molecule has 8 nitrogen and oxygen atoms in total. The molecule has 0 saturated heterocycles. The maximum Gasteiger partial charge on any atom is 0.0542 e. The third-order valence-corrected chi connectivity index (χ3v) is 22.4. The molecule has 8 heteroatoms. The van der Waals surface area contributed by atoms with Crippen molar-refractivity contribution in [3.8, 4) is 28.4 Å². The minimum atomic E-state index is 0. The van der Waals surface area contributed by atoms with Crippen LogP contribution in [0.2, 0.25) is 0 Å². The van der Waals surface area contributed by atoms with Crippen LogP contribution < -0.4 is 14.7 Å². The lowest BCUT2D eigenvalue weighted by Gasteiger charge is -2.30. The fraction of sp³-hybridized carbons (Fsp3) is 0.0192. The van der Waals surface area contributed by atoms with Gasteiger partial charge in [-0.3, -0.25) is 0 Å². The smallest absolute Gasteiger partial charge is 0.0542 e. The van der Waals surface area contributed by atoms with Gasteiger partial charge in [0, 0.05) is 133 Å². The van der Waals surface area contributed by atoms with Crippen molar-refractivity contribution in [3.63, 3.8) is 0 Å². The second-order valence-corrected chi connectivity index (χ2v) is 28.5. The number of aromatic nitrogens is 5. The largest absolute Gasteiger partial charge is 0.310 e. The third kappa shape index (κ3) is 10.7. The highest BCUT2D eigenvalue weighted by molar-refractivity contribution is 6.16. The number of rotatable bonds is 14. The van der Waals surface area contributed by atoms with Gasteiger partial charge in [-0.15, -0.1) is 0 Å². The zero-order chi connectivity index (χ0) is 72.3. The number of benzene rings is 17. The number of fused-ring (bicyclic) bond motifs is 15. The molecule has 5 heterocycles. The Morgan fingerprint density at radius 3 is 0.455 bits per heavy atom. The SMILES string of the molecule is C.C.c1ccc(-n2c3ccccc3c3cc(N(c4ccc(N(c5ccc6c(c5)c5ccccc5n6-c5ccccc5)c5ccc6c(c5)c5ccccc5n6-c5ccccc5)cc4)c4ccc(N(c5ccc6c(c5)c5ccccc5n6-c5ccccc5)c5ccc6c(c5)c5ccccc5n6-c5ccccc5)cc4)ccc32)cc1. The van der Waals surface area contributed by atoms with E-state index in [1.165, 1.54) is 53.9 Å². The highest BCUT2D eigenvalue weighted by atomic mass is 15.2. The average Bonchev–Trinajstić information content (AvgIpc) is 1.62. The molecule has 0 atom stereocenters. The van der Waals surface area contributed by atoms with Crippen molar-refractivity contribution in [2.75, 3.05) is 14.7 Å². The number of hydrogen-bond acceptors (Lipinski definition) is 3. The van der Waals surface area contributed by atoms with Gasteiger partial charge in [0.05, 0.1) is 55.2 Å². The molecule has 22 aromatic rings. The van der Waals surface area contributed by atoms with Crippen LogP contribution in [0.3, 0.4) is 0 Å². The molecular weight excluding hydrogens is 1360 g/mol. The first-order valence-corrected chi connectivity index (χ1v) is 37.6. The van der Waals surface area contributed by atoms with Gasteiger partial charge in [-0.1, -0.05) is 197 Å². The molecule has 0 radical (unpaired) electrons. The highest BCUT2D eigenvalue weighted by Gasteiger charge is 2.26. The Hall–Kier alpha value is -14.9. The van der Waals surface area contributed by atoms with Gasteiger partial charge >= 0.3 is 0 Å². The van der Waals surface area contributed by atoms with E-state index in [-0.39, 0.29) is 14.9 Å². The van der Waals surface area contributed by atoms with Gasteiger partial charge < -0.3 is 37.5 Å². The summed E-state index contributed by atoms with van der Waals surface area (Å²) in [6.45, 7) is 0. The van der Waals surface area contributed by atoms with E-state index in [0.717, 1.165) is 135 Å². The van der Waals surface area contributed by atoms with E-state index in [2.05, 4.69) is 450 Å². The molecule has 0 aliphatic heterocycles. The lowest BCUT2D eigenvalue weighted by molar-refractivity contribution is 1.18. The molecule has 0 spiro atoms. The molecule has 0 aliphatic carbocycles. The predicted octanol–water partition coefficient (Wildman–Crippen LogP) is 28.9. The minimum Gasteiger partial charge on any atom is -0.310 e. The van der Waals surface area contributed by atoms with Crippen molar-refractivity contribution in [2.24, 2.45) is 0 Å². The van der Waals surface area contributed by atoms with Crippen molar-refractivity contribution in [1.82, 2.24) is 22.8 Å². The summed E-state index contributed by atoms with van der Waals surface area (Å²) in [4.78, 5) is 7.32. The van der Waals surface area contributed by atoms with E-state index in [1.807, 2.05) is 0 Å². The lowest BCUT2D eigenvalue weighted by Crippen LogP contribution is -2.13. The molecule has 0 unspecified atom stereocenters. The van der Waals surface area contributed by atoms with Gasteiger partial charge in [-0.05, 0) is 231 Å². The molecule has 5 aromatic heterocycles. The molecule has 0 amide bonds. The summed E-state index contributed by atoms with van der Waals surface area (Å²) < 4.78 is 12.0. The molecular formula is C104H76N8. The predicted molar refractivity (Wildman–Crippen MR) is 476 cm³/mol. The van der Waals surface area contributed by atoms with Crippen molar-refractivity contribution in [2.45, 2.75) is 14.9 Å². The maximum atomic E-state index is 2.44. The van der Waals surface area contributed by atoms with Crippen LogP contribution in [0.15, 0.2) is 413 Å². The van der Waals surface area contributed by atoms with Gasteiger partial charge in [-0.25, -0.2) is 0 Å². The Morgan fingerprint density at radius 1 is 0.125 bits per heavy atom. The van der Waals surface area contributed by atoms with Crippen molar-refractivity contribution in [3.05, 3.63) is 413 Å². The Kier molecular flexibility index (Phi) is 16.1. The normalized spacial score (nSPS) is 11.6. The lowest BCUT2D eigenvalue weighted by atomic mass is 10.1. The van der Waals surface area contributed by atoms with Crippen LogP contribution in [0.25, 0.3) is 137 Å². The summed E-state index contributed by atoms with van der Waals surface area (Å²) >= 11 is 0. The van der Waals surface area contributed by atoms with Crippen LogP contribution in [0.1, 0.15) is 14.9 Å². The maximum absolute atomic E-state index is 2.44. The zero-order valence-electron chi connectivity index (χ0n) is 59.8. The van der Waals surface area contributed by atoms with Crippen molar-refractivity contribution < 1.29 is 0 Å². The van der Waals surface area contributed by atoms with Crippen LogP contribution in [0, 0.1) is 0 Å². The van der Waals surface area contributed by atoms with E-state index >= 15 is 0 Å². The molecule has 0 bridgehead atoms. The molecule has 0 saturated carbocycles. The van der Waals surface area contributed by atoms with Crippen LogP contribution >= 0.6 is 0 Å². The van der Waals surface area contributed by atoms with E-state index in [4.69, 9.17) is 0 Å². The van der Waals surface area contributed by atoms with E-state index in [9.17, 15) is 0 Å². The molecule has 0 fully saturated rings. The Morgan fingerprint density at radius 2 is 0.268 bits per heavy atom. The van der Waals surface area contributed by atoms with E-state index in [0.29, 0.717) is 0 Å². The summed E-state index contributed by atoms with van der Waals surface area (Å²) in [5.41, 5.74) is 26.4. The number of nitrogens with zero attached hydrogens (tertiary/aromatic N) is 8. The second-order valence-electron chi connectivity index (χ2n) is 28.5. The topological polar surface area (TPSA) is 34.4 Å². The van der Waals surface area contributed by atoms with Gasteiger partial charge in [0.1, 0.15) is 0 Å². The zero-order valence-corrected chi connectivity index (χ0v) is 59.8. The first-order valence-electron chi connectivity index (χ1n) is 37.6. The van der Waals surface area contributed by atoms with Gasteiger partial charge in [-0.2, -0.15) is 0 Å². The number of para-hydroxylation sites is 10. The fourth-order valence-corrected chi connectivity index (χ4v) is 17.6. The fourth-order valence-electron chi connectivity index (χ4n) is 17.6. The Labute approximate surface area is 649 Å². The summed E-state index contributed by atoms with van der Waals surface area (Å²) in [5.74, 6) is 0. The summed E-state index contributed by atoms with van der Waals surface area (Å²) in [7, 11) is 0. The molecule has 0 aliphatic rings. The Balaban J connectivity index is 0.00000409. The molecule has 22 rings (SSSR count). The first kappa shape index (κ1) is 66.6. The van der Waals surface area contributed by atoms with Crippen LogP contribution in [-0.4, -0.2) is 22.8 Å². The van der Waals surface area contributed by atoms with Crippen LogP contribution in [-0.2, 0) is 0 Å².